The van der Waals surface area contributed by atoms with E-state index in [9.17, 15) is 9.59 Å². The first-order valence-electron chi connectivity index (χ1n) is 22.9. The number of pyridine rings is 1. The number of ether oxygens (including phenoxy) is 2. The van der Waals surface area contributed by atoms with Crippen LogP contribution in [0.2, 0.25) is 0 Å². The van der Waals surface area contributed by atoms with Crippen LogP contribution in [-0.2, 0) is 19.1 Å². The van der Waals surface area contributed by atoms with E-state index in [1.807, 2.05) is 60.0 Å². The predicted octanol–water partition coefficient (Wildman–Crippen LogP) is 7.01. The number of piperazine rings is 2. The van der Waals surface area contributed by atoms with Crippen LogP contribution < -0.4 is 9.80 Å². The van der Waals surface area contributed by atoms with Gasteiger partial charge in [0.1, 0.15) is 5.82 Å². The van der Waals surface area contributed by atoms with Crippen LogP contribution in [-0.4, -0.2) is 146 Å². The minimum Gasteiger partial charge on any atom is -0.381 e. The van der Waals surface area contributed by atoms with Gasteiger partial charge in [-0.2, -0.15) is 0 Å². The minimum absolute atomic E-state index is 0.0167. The number of rotatable bonds is 14. The number of nitrogens with zero attached hydrogens (tertiary/aromatic N) is 7. The molecule has 3 aromatic rings. The van der Waals surface area contributed by atoms with Crippen LogP contribution in [0.15, 0.2) is 85.1 Å². The molecule has 1 unspecified atom stereocenters. The third-order valence-electron chi connectivity index (χ3n) is 13.4. The summed E-state index contributed by atoms with van der Waals surface area (Å²) < 4.78 is 11.5. The number of amides is 2. The van der Waals surface area contributed by atoms with E-state index < -0.39 is 0 Å². The second kappa shape index (κ2) is 22.4. The lowest BCUT2D eigenvalue weighted by atomic mass is 9.86. The SMILES string of the molecule is CCC(=O)N(CC1(N2CCN(C(C)c3ccccc3)CC2)CCOCC1)c1ccccn1.CCC(=O)N(CC1(N2CCN(CC(C)C)CC2)CCOCC1)c1ccccc1. The first-order chi connectivity index (χ1) is 29.2. The number of hydrogen-bond donors (Lipinski definition) is 0. The van der Waals surface area contributed by atoms with Crippen molar-refractivity contribution in [2.75, 3.05) is 108 Å². The van der Waals surface area contributed by atoms with Crippen molar-refractivity contribution in [2.24, 2.45) is 5.92 Å². The van der Waals surface area contributed by atoms with E-state index in [1.54, 1.807) is 6.20 Å². The van der Waals surface area contributed by atoms with Gasteiger partial charge in [0.05, 0.1) is 0 Å². The van der Waals surface area contributed by atoms with E-state index in [0.717, 1.165) is 123 Å². The molecule has 2 amide bonds. The predicted molar refractivity (Wildman–Crippen MR) is 242 cm³/mol. The van der Waals surface area contributed by atoms with Crippen molar-refractivity contribution in [3.8, 4) is 0 Å². The molecule has 1 aromatic heterocycles. The Labute approximate surface area is 361 Å². The average Bonchev–Trinajstić information content (AvgIpc) is 3.31. The summed E-state index contributed by atoms with van der Waals surface area (Å²) in [5, 5.41) is 0. The van der Waals surface area contributed by atoms with E-state index in [0.29, 0.717) is 31.3 Å². The van der Waals surface area contributed by atoms with Crippen molar-refractivity contribution >= 4 is 23.3 Å². The molecular weight excluding hydrogens is 751 g/mol. The van der Waals surface area contributed by atoms with Crippen LogP contribution in [0.1, 0.15) is 84.7 Å². The van der Waals surface area contributed by atoms with Crippen LogP contribution in [0, 0.1) is 5.92 Å². The summed E-state index contributed by atoms with van der Waals surface area (Å²) >= 11 is 0. The maximum absolute atomic E-state index is 12.9. The molecule has 11 heteroatoms. The number of anilines is 2. The molecule has 4 fully saturated rings. The molecule has 4 aliphatic heterocycles. The average molecular weight is 824 g/mol. The number of aromatic nitrogens is 1. The highest BCUT2D eigenvalue weighted by atomic mass is 16.5. The third-order valence-corrected chi connectivity index (χ3v) is 13.4. The highest BCUT2D eigenvalue weighted by Crippen LogP contribution is 2.34. The smallest absolute Gasteiger partial charge is 0.227 e. The van der Waals surface area contributed by atoms with E-state index in [-0.39, 0.29) is 22.9 Å². The Bertz CT molecular complexity index is 1700. The third kappa shape index (κ3) is 11.8. The fraction of sp³-hybridized carbons (Fsp3) is 0.612. The maximum Gasteiger partial charge on any atom is 0.227 e. The summed E-state index contributed by atoms with van der Waals surface area (Å²) in [6, 6.07) is 27.1. The van der Waals surface area contributed by atoms with Crippen LogP contribution in [0.5, 0.6) is 0 Å². The zero-order chi connectivity index (χ0) is 42.4. The summed E-state index contributed by atoms with van der Waals surface area (Å²) in [5.74, 6) is 1.79. The summed E-state index contributed by atoms with van der Waals surface area (Å²) in [5.41, 5.74) is 2.33. The fourth-order valence-electron chi connectivity index (χ4n) is 9.81. The molecular formula is C49H73N7O4. The summed E-state index contributed by atoms with van der Waals surface area (Å²) in [4.78, 5) is 44.7. The monoisotopic (exact) mass is 824 g/mol. The zero-order valence-corrected chi connectivity index (χ0v) is 37.4. The van der Waals surface area contributed by atoms with Gasteiger partial charge in [-0.1, -0.05) is 82.3 Å². The number of carbonyl (C=O) groups excluding carboxylic acids is 2. The highest BCUT2D eigenvalue weighted by molar-refractivity contribution is 5.93. The topological polar surface area (TPSA) is 84.9 Å². The molecule has 7 rings (SSSR count). The molecule has 4 aliphatic rings. The van der Waals surface area contributed by atoms with Gasteiger partial charge < -0.3 is 19.3 Å². The van der Waals surface area contributed by atoms with Crippen molar-refractivity contribution in [1.82, 2.24) is 24.6 Å². The Hall–Kier alpha value is -3.71. The Balaban J connectivity index is 0.000000203. The summed E-state index contributed by atoms with van der Waals surface area (Å²) in [6.07, 6.45) is 6.67. The lowest BCUT2D eigenvalue weighted by Crippen LogP contribution is -2.63. The van der Waals surface area contributed by atoms with Gasteiger partial charge in [-0.25, -0.2) is 4.98 Å². The van der Waals surface area contributed by atoms with Crippen molar-refractivity contribution in [1.29, 1.82) is 0 Å². The largest absolute Gasteiger partial charge is 0.381 e. The van der Waals surface area contributed by atoms with Crippen LogP contribution in [0.3, 0.4) is 0 Å². The van der Waals surface area contributed by atoms with Gasteiger partial charge in [0.25, 0.3) is 0 Å². The van der Waals surface area contributed by atoms with Crippen LogP contribution >= 0.6 is 0 Å². The fourth-order valence-corrected chi connectivity index (χ4v) is 9.81. The molecule has 0 N–H and O–H groups in total. The van der Waals surface area contributed by atoms with Crippen LogP contribution in [0.4, 0.5) is 11.5 Å². The molecule has 0 radical (unpaired) electrons. The molecule has 5 heterocycles. The molecule has 0 saturated carbocycles. The first kappa shape index (κ1) is 45.8. The van der Waals surface area contributed by atoms with Gasteiger partial charge in [0.15, 0.2) is 0 Å². The number of benzene rings is 2. The lowest BCUT2D eigenvalue weighted by molar-refractivity contribution is -0.120. The molecule has 0 spiro atoms. The van der Waals surface area contributed by atoms with Crippen molar-refractivity contribution in [3.05, 3.63) is 90.6 Å². The quantitative estimate of drug-likeness (QED) is 0.171. The second-order valence-electron chi connectivity index (χ2n) is 17.7. The normalized spacial score (nSPS) is 20.8. The van der Waals surface area contributed by atoms with Gasteiger partial charge in [-0.3, -0.25) is 29.2 Å². The first-order valence-corrected chi connectivity index (χ1v) is 22.9. The van der Waals surface area contributed by atoms with Crippen molar-refractivity contribution < 1.29 is 19.1 Å². The standard InChI is InChI=1S/C26H36N4O2.C23H37N3O2/c1-3-25(31)30(24-11-7-8-14-27-24)21-26(12-19-32-20-13-26)29-17-15-28(16-18-29)22(2)23-9-5-4-6-10-23;1-4-22(27)26(21-8-6-5-7-9-21)19-23(10-16-28-17-11-23)25-14-12-24(13-15-25)18-20(2)3/h4-11,14,22H,3,12-13,15-21H2,1-2H3;5-9,20H,4,10-19H2,1-3H3. The van der Waals surface area contributed by atoms with Gasteiger partial charge in [0.2, 0.25) is 11.8 Å². The molecule has 11 nitrogen and oxygen atoms in total. The molecule has 0 aliphatic carbocycles. The summed E-state index contributed by atoms with van der Waals surface area (Å²) in [6.45, 7) is 24.9. The van der Waals surface area contributed by atoms with Crippen molar-refractivity contribution in [2.45, 2.75) is 90.3 Å². The Kier molecular flexibility index (Phi) is 17.1. The van der Waals surface area contributed by atoms with E-state index in [1.165, 1.54) is 12.1 Å². The lowest BCUT2D eigenvalue weighted by Gasteiger charge is -2.51. The van der Waals surface area contributed by atoms with E-state index >= 15 is 0 Å². The van der Waals surface area contributed by atoms with Gasteiger partial charge in [0, 0.05) is 140 Å². The van der Waals surface area contributed by atoms with Gasteiger partial charge >= 0.3 is 0 Å². The number of carbonyl (C=O) groups is 2. The Morgan fingerprint density at radius 3 is 1.62 bits per heavy atom. The molecule has 0 bridgehead atoms. The van der Waals surface area contributed by atoms with E-state index in [2.05, 4.69) is 87.8 Å². The van der Waals surface area contributed by atoms with Gasteiger partial charge in [-0.05, 0) is 68.4 Å². The second-order valence-corrected chi connectivity index (χ2v) is 17.7. The highest BCUT2D eigenvalue weighted by Gasteiger charge is 2.44. The van der Waals surface area contributed by atoms with Crippen LogP contribution in [0.25, 0.3) is 0 Å². The molecule has 60 heavy (non-hydrogen) atoms. The van der Waals surface area contributed by atoms with Gasteiger partial charge in [-0.15, -0.1) is 0 Å². The number of para-hydroxylation sites is 1. The molecule has 2 aromatic carbocycles. The molecule has 4 saturated heterocycles. The summed E-state index contributed by atoms with van der Waals surface area (Å²) in [7, 11) is 0. The minimum atomic E-state index is -0.0668. The maximum atomic E-state index is 12.9. The Morgan fingerprint density at radius 1 is 0.633 bits per heavy atom. The Morgan fingerprint density at radius 2 is 1.12 bits per heavy atom. The van der Waals surface area contributed by atoms with Crippen molar-refractivity contribution in [3.63, 3.8) is 0 Å². The molecule has 328 valence electrons. The number of hydrogen-bond acceptors (Lipinski definition) is 9. The molecule has 1 atom stereocenters. The van der Waals surface area contributed by atoms with E-state index in [4.69, 9.17) is 9.47 Å². The zero-order valence-electron chi connectivity index (χ0n) is 37.4.